The van der Waals surface area contributed by atoms with Crippen molar-refractivity contribution in [1.29, 1.82) is 0 Å². The molecule has 1 aromatic rings. The lowest BCUT2D eigenvalue weighted by molar-refractivity contribution is 0.0844. The highest BCUT2D eigenvalue weighted by molar-refractivity contribution is 6.00. The fourth-order valence-electron chi connectivity index (χ4n) is 2.46. The van der Waals surface area contributed by atoms with E-state index in [4.69, 9.17) is 0 Å². The first kappa shape index (κ1) is 11.3. The van der Waals surface area contributed by atoms with Gasteiger partial charge < -0.3 is 0 Å². The Bertz CT molecular complexity index is 341. The Kier molecular flexibility index (Phi) is 3.73. The summed E-state index contributed by atoms with van der Waals surface area (Å²) >= 11 is 0. The van der Waals surface area contributed by atoms with Crippen molar-refractivity contribution in [3.63, 3.8) is 0 Å². The topological polar surface area (TPSA) is 20.3 Å². The van der Waals surface area contributed by atoms with Gasteiger partial charge in [0.05, 0.1) is 6.04 Å². The standard InChI is InChI=1S/C14H19NO/c1-2-13(15-10-6-7-11-15)14(16)12-8-4-3-5-9-12/h3-5,8-9,13H,2,6-7,10-11H2,1H3/t13-/m0/s1. The molecule has 0 amide bonds. The third kappa shape index (κ3) is 2.33. The molecule has 1 aliphatic heterocycles. The van der Waals surface area contributed by atoms with E-state index in [-0.39, 0.29) is 11.8 Å². The molecule has 0 saturated carbocycles. The number of Topliss-reactive ketones (excluding diaryl/α,β-unsaturated/α-hetero) is 1. The largest absolute Gasteiger partial charge is 0.293 e. The van der Waals surface area contributed by atoms with E-state index >= 15 is 0 Å². The number of carbonyl (C=O) groups excluding carboxylic acids is 1. The molecule has 0 N–H and O–H groups in total. The van der Waals surface area contributed by atoms with E-state index in [0.717, 1.165) is 25.1 Å². The van der Waals surface area contributed by atoms with Crippen molar-refractivity contribution in [2.24, 2.45) is 0 Å². The first-order valence-corrected chi connectivity index (χ1v) is 6.16. The minimum absolute atomic E-state index is 0.0879. The lowest BCUT2D eigenvalue weighted by Gasteiger charge is -2.25. The molecule has 0 aromatic heterocycles. The highest BCUT2D eigenvalue weighted by Gasteiger charge is 2.26. The molecule has 0 spiro atoms. The lowest BCUT2D eigenvalue weighted by atomic mass is 10.0. The number of ketones is 1. The molecule has 1 atom stereocenters. The van der Waals surface area contributed by atoms with Gasteiger partial charge in [-0.3, -0.25) is 9.69 Å². The Balaban J connectivity index is 2.12. The van der Waals surface area contributed by atoms with Crippen molar-refractivity contribution in [1.82, 2.24) is 4.90 Å². The quantitative estimate of drug-likeness (QED) is 0.723. The first-order chi connectivity index (χ1) is 7.83. The van der Waals surface area contributed by atoms with E-state index < -0.39 is 0 Å². The lowest BCUT2D eigenvalue weighted by Crippen LogP contribution is -2.38. The zero-order chi connectivity index (χ0) is 11.4. The number of rotatable bonds is 4. The van der Waals surface area contributed by atoms with Crippen LogP contribution in [0.3, 0.4) is 0 Å². The number of benzene rings is 1. The number of hydrogen-bond acceptors (Lipinski definition) is 2. The van der Waals surface area contributed by atoms with Gasteiger partial charge in [0, 0.05) is 5.56 Å². The summed E-state index contributed by atoms with van der Waals surface area (Å²) < 4.78 is 0. The van der Waals surface area contributed by atoms with Crippen LogP contribution >= 0.6 is 0 Å². The van der Waals surface area contributed by atoms with E-state index in [9.17, 15) is 4.79 Å². The van der Waals surface area contributed by atoms with Crippen LogP contribution in [0.5, 0.6) is 0 Å². The summed E-state index contributed by atoms with van der Waals surface area (Å²) in [6.07, 6.45) is 3.38. The van der Waals surface area contributed by atoms with Crippen LogP contribution in [-0.4, -0.2) is 29.8 Å². The monoisotopic (exact) mass is 217 g/mol. The summed E-state index contributed by atoms with van der Waals surface area (Å²) in [5.41, 5.74) is 0.848. The summed E-state index contributed by atoms with van der Waals surface area (Å²) in [7, 11) is 0. The van der Waals surface area contributed by atoms with Gasteiger partial charge in [-0.2, -0.15) is 0 Å². The normalized spacial score (nSPS) is 18.6. The van der Waals surface area contributed by atoms with E-state index in [0.29, 0.717) is 0 Å². The van der Waals surface area contributed by atoms with Crippen molar-refractivity contribution in [3.05, 3.63) is 35.9 Å². The average molecular weight is 217 g/mol. The number of nitrogens with zero attached hydrogens (tertiary/aromatic N) is 1. The summed E-state index contributed by atoms with van der Waals surface area (Å²) in [6, 6.07) is 9.74. The summed E-state index contributed by atoms with van der Waals surface area (Å²) in [6.45, 7) is 4.26. The van der Waals surface area contributed by atoms with Gasteiger partial charge in [-0.1, -0.05) is 37.3 Å². The van der Waals surface area contributed by atoms with Crippen LogP contribution in [-0.2, 0) is 0 Å². The molecule has 1 fully saturated rings. The van der Waals surface area contributed by atoms with Gasteiger partial charge in [-0.05, 0) is 32.4 Å². The average Bonchev–Trinajstić information content (AvgIpc) is 2.85. The Hall–Kier alpha value is -1.15. The summed E-state index contributed by atoms with van der Waals surface area (Å²) in [5, 5.41) is 0. The van der Waals surface area contributed by atoms with Crippen molar-refractivity contribution >= 4 is 5.78 Å². The molecule has 16 heavy (non-hydrogen) atoms. The molecule has 0 bridgehead atoms. The van der Waals surface area contributed by atoms with E-state index in [1.165, 1.54) is 12.8 Å². The minimum atomic E-state index is 0.0879. The zero-order valence-electron chi connectivity index (χ0n) is 9.86. The van der Waals surface area contributed by atoms with E-state index in [2.05, 4.69) is 11.8 Å². The van der Waals surface area contributed by atoms with Crippen LogP contribution in [0.4, 0.5) is 0 Å². The van der Waals surface area contributed by atoms with Crippen LogP contribution in [0.15, 0.2) is 30.3 Å². The number of hydrogen-bond donors (Lipinski definition) is 0. The van der Waals surface area contributed by atoms with Gasteiger partial charge in [0.1, 0.15) is 0 Å². The molecular weight excluding hydrogens is 198 g/mol. The molecule has 86 valence electrons. The molecule has 2 heteroatoms. The third-order valence-electron chi connectivity index (χ3n) is 3.33. The highest BCUT2D eigenvalue weighted by Crippen LogP contribution is 2.17. The van der Waals surface area contributed by atoms with Crippen LogP contribution in [0.25, 0.3) is 0 Å². The van der Waals surface area contributed by atoms with Gasteiger partial charge in [0.25, 0.3) is 0 Å². The van der Waals surface area contributed by atoms with Crippen LogP contribution in [0.2, 0.25) is 0 Å². The Morgan fingerprint density at radius 1 is 1.25 bits per heavy atom. The molecule has 0 unspecified atom stereocenters. The van der Waals surface area contributed by atoms with Crippen molar-refractivity contribution in [3.8, 4) is 0 Å². The predicted octanol–water partition coefficient (Wildman–Crippen LogP) is 2.74. The Morgan fingerprint density at radius 2 is 1.88 bits per heavy atom. The molecule has 0 radical (unpaired) electrons. The van der Waals surface area contributed by atoms with E-state index in [1.54, 1.807) is 0 Å². The van der Waals surface area contributed by atoms with Crippen LogP contribution < -0.4 is 0 Å². The summed E-state index contributed by atoms with van der Waals surface area (Å²) in [5.74, 6) is 0.282. The second-order valence-corrected chi connectivity index (χ2v) is 4.40. The molecule has 2 nitrogen and oxygen atoms in total. The Labute approximate surface area is 97.3 Å². The van der Waals surface area contributed by atoms with Gasteiger partial charge in [-0.25, -0.2) is 0 Å². The van der Waals surface area contributed by atoms with Crippen LogP contribution in [0.1, 0.15) is 36.5 Å². The molecule has 1 saturated heterocycles. The third-order valence-corrected chi connectivity index (χ3v) is 3.33. The fraction of sp³-hybridized carbons (Fsp3) is 0.500. The minimum Gasteiger partial charge on any atom is -0.293 e. The maximum Gasteiger partial charge on any atom is 0.179 e. The smallest absolute Gasteiger partial charge is 0.179 e. The second kappa shape index (κ2) is 5.26. The van der Waals surface area contributed by atoms with Crippen LogP contribution in [0, 0.1) is 0 Å². The first-order valence-electron chi connectivity index (χ1n) is 6.16. The number of carbonyl (C=O) groups is 1. The van der Waals surface area contributed by atoms with Crippen molar-refractivity contribution in [2.45, 2.75) is 32.2 Å². The second-order valence-electron chi connectivity index (χ2n) is 4.40. The summed E-state index contributed by atoms with van der Waals surface area (Å²) in [4.78, 5) is 14.6. The number of likely N-dealkylation sites (tertiary alicyclic amines) is 1. The van der Waals surface area contributed by atoms with Gasteiger partial charge >= 0.3 is 0 Å². The molecule has 1 heterocycles. The molecule has 1 aliphatic rings. The predicted molar refractivity (Wildman–Crippen MR) is 65.7 cm³/mol. The van der Waals surface area contributed by atoms with Gasteiger partial charge in [0.2, 0.25) is 0 Å². The van der Waals surface area contributed by atoms with E-state index in [1.807, 2.05) is 30.3 Å². The zero-order valence-corrected chi connectivity index (χ0v) is 9.86. The fourth-order valence-corrected chi connectivity index (χ4v) is 2.46. The maximum atomic E-state index is 12.3. The maximum absolute atomic E-state index is 12.3. The van der Waals surface area contributed by atoms with Crippen molar-refractivity contribution in [2.75, 3.05) is 13.1 Å². The molecule has 2 rings (SSSR count). The molecule has 1 aromatic carbocycles. The molecule has 0 aliphatic carbocycles. The van der Waals surface area contributed by atoms with Gasteiger partial charge in [-0.15, -0.1) is 0 Å². The SMILES string of the molecule is CC[C@@H](C(=O)c1ccccc1)N1CCCC1. The van der Waals surface area contributed by atoms with Crippen molar-refractivity contribution < 1.29 is 4.79 Å². The highest BCUT2D eigenvalue weighted by atomic mass is 16.1. The van der Waals surface area contributed by atoms with Gasteiger partial charge in [0.15, 0.2) is 5.78 Å². The molecular formula is C14H19NO. The Morgan fingerprint density at radius 3 is 2.44 bits per heavy atom.